The molecule has 1 aromatic carbocycles. The molecule has 0 aliphatic carbocycles. The van der Waals surface area contributed by atoms with Crippen LogP contribution in [0.25, 0.3) is 0 Å². The molecule has 0 aromatic heterocycles. The van der Waals surface area contributed by atoms with Gasteiger partial charge < -0.3 is 4.90 Å². The van der Waals surface area contributed by atoms with Gasteiger partial charge in [-0.1, -0.05) is 18.2 Å². The van der Waals surface area contributed by atoms with Crippen LogP contribution in [0.15, 0.2) is 33.6 Å². The van der Waals surface area contributed by atoms with Crippen molar-refractivity contribution < 1.29 is 4.79 Å². The van der Waals surface area contributed by atoms with Crippen molar-refractivity contribution in [1.82, 2.24) is 4.90 Å². The van der Waals surface area contributed by atoms with Crippen LogP contribution in [-0.4, -0.2) is 29.7 Å². The Morgan fingerprint density at radius 1 is 1.37 bits per heavy atom. The number of carbonyl (C=O) groups excluding carboxylic acids is 1. The quantitative estimate of drug-likeness (QED) is 0.889. The Bertz CT molecular complexity index is 532. The maximum atomic E-state index is 12.2. The molecule has 2 N–H and O–H groups in total. The predicted octanol–water partition coefficient (Wildman–Crippen LogP) is 1.37. The standard InChI is InChI=1S/C13H17N5O/c1-9-5-4-6-10(2)11(9)7-18(3)12(19)13(14)8-15-17-16-13/h4-6,8H,7,14H2,1-3H3. The molecule has 100 valence electrons. The van der Waals surface area contributed by atoms with Gasteiger partial charge in [-0.3, -0.25) is 10.5 Å². The highest BCUT2D eigenvalue weighted by molar-refractivity contribution is 6.02. The molecule has 1 aliphatic heterocycles. The summed E-state index contributed by atoms with van der Waals surface area (Å²) in [4.78, 5) is 13.8. The van der Waals surface area contributed by atoms with Crippen LogP contribution in [0.1, 0.15) is 16.7 Å². The Morgan fingerprint density at radius 3 is 2.53 bits per heavy atom. The second-order valence-corrected chi connectivity index (χ2v) is 4.79. The van der Waals surface area contributed by atoms with Crippen molar-refractivity contribution in [3.8, 4) is 0 Å². The van der Waals surface area contributed by atoms with Gasteiger partial charge in [0.2, 0.25) is 5.66 Å². The average Bonchev–Trinajstić information content (AvgIpc) is 2.81. The third-order valence-electron chi connectivity index (χ3n) is 3.25. The zero-order valence-corrected chi connectivity index (χ0v) is 11.3. The van der Waals surface area contributed by atoms with Gasteiger partial charge in [-0.25, -0.2) is 0 Å². The number of rotatable bonds is 3. The van der Waals surface area contributed by atoms with Crippen molar-refractivity contribution in [2.45, 2.75) is 26.1 Å². The van der Waals surface area contributed by atoms with Crippen molar-refractivity contribution in [2.24, 2.45) is 21.2 Å². The number of carbonyl (C=O) groups is 1. The Kier molecular flexibility index (Phi) is 3.44. The number of aryl methyl sites for hydroxylation is 2. The summed E-state index contributed by atoms with van der Waals surface area (Å²) < 4.78 is 0. The molecule has 0 saturated carbocycles. The topological polar surface area (TPSA) is 83.4 Å². The van der Waals surface area contributed by atoms with Gasteiger partial charge in [0.05, 0.1) is 6.21 Å². The van der Waals surface area contributed by atoms with E-state index in [9.17, 15) is 4.79 Å². The molecule has 0 radical (unpaired) electrons. The molecule has 1 aromatic rings. The summed E-state index contributed by atoms with van der Waals surface area (Å²) in [5, 5.41) is 10.6. The van der Waals surface area contributed by atoms with Gasteiger partial charge in [0.25, 0.3) is 5.91 Å². The van der Waals surface area contributed by atoms with Crippen LogP contribution in [0, 0.1) is 13.8 Å². The van der Waals surface area contributed by atoms with Crippen molar-refractivity contribution in [1.29, 1.82) is 0 Å². The van der Waals surface area contributed by atoms with E-state index in [-0.39, 0.29) is 5.91 Å². The maximum Gasteiger partial charge on any atom is 0.273 e. The molecular weight excluding hydrogens is 242 g/mol. The monoisotopic (exact) mass is 259 g/mol. The summed E-state index contributed by atoms with van der Waals surface area (Å²) in [6, 6.07) is 6.05. The van der Waals surface area contributed by atoms with E-state index < -0.39 is 5.66 Å². The molecule has 1 heterocycles. The minimum absolute atomic E-state index is 0.319. The lowest BCUT2D eigenvalue weighted by Crippen LogP contribution is -2.53. The first-order valence-electron chi connectivity index (χ1n) is 6.00. The molecule has 0 spiro atoms. The molecule has 1 unspecified atom stereocenters. The third-order valence-corrected chi connectivity index (χ3v) is 3.25. The van der Waals surface area contributed by atoms with Gasteiger partial charge in [0.1, 0.15) is 0 Å². The molecule has 0 fully saturated rings. The third kappa shape index (κ3) is 2.53. The highest BCUT2D eigenvalue weighted by atomic mass is 16.2. The van der Waals surface area contributed by atoms with Gasteiger partial charge in [0, 0.05) is 13.6 Å². The maximum absolute atomic E-state index is 12.2. The van der Waals surface area contributed by atoms with E-state index in [1.54, 1.807) is 11.9 Å². The van der Waals surface area contributed by atoms with Gasteiger partial charge in [-0.15, -0.1) is 10.2 Å². The lowest BCUT2D eigenvalue weighted by atomic mass is 10.0. The highest BCUT2D eigenvalue weighted by Gasteiger charge is 2.37. The predicted molar refractivity (Wildman–Crippen MR) is 72.7 cm³/mol. The number of nitrogens with zero attached hydrogens (tertiary/aromatic N) is 4. The SMILES string of the molecule is Cc1cccc(C)c1CN(C)C(=O)C1(N)C=NN=N1. The number of likely N-dealkylation sites (N-methyl/N-ethyl adjacent to an activating group) is 1. The van der Waals surface area contributed by atoms with Gasteiger partial charge in [0.15, 0.2) is 0 Å². The van der Waals surface area contributed by atoms with Gasteiger partial charge in [-0.2, -0.15) is 0 Å². The number of amides is 1. The van der Waals surface area contributed by atoms with Crippen LogP contribution < -0.4 is 5.73 Å². The first-order chi connectivity index (χ1) is 8.94. The lowest BCUT2D eigenvalue weighted by molar-refractivity contribution is -0.133. The largest absolute Gasteiger partial charge is 0.338 e. The van der Waals surface area contributed by atoms with E-state index in [0.29, 0.717) is 6.54 Å². The van der Waals surface area contributed by atoms with Gasteiger partial charge >= 0.3 is 0 Å². The molecule has 1 amide bonds. The van der Waals surface area contributed by atoms with Crippen LogP contribution in [-0.2, 0) is 11.3 Å². The van der Waals surface area contributed by atoms with E-state index in [4.69, 9.17) is 5.73 Å². The summed E-state index contributed by atoms with van der Waals surface area (Å²) in [6.07, 6.45) is 1.26. The summed E-state index contributed by atoms with van der Waals surface area (Å²) in [5.41, 5.74) is 7.79. The average molecular weight is 259 g/mol. The minimum atomic E-state index is -1.45. The highest BCUT2D eigenvalue weighted by Crippen LogP contribution is 2.18. The normalized spacial score (nSPS) is 20.8. The summed E-state index contributed by atoms with van der Waals surface area (Å²) >= 11 is 0. The Labute approximate surface area is 112 Å². The first kappa shape index (κ1) is 13.4. The number of hydrogen-bond donors (Lipinski definition) is 1. The Balaban J connectivity index is 2.18. The summed E-state index contributed by atoms with van der Waals surface area (Å²) in [7, 11) is 1.70. The van der Waals surface area contributed by atoms with Crippen LogP contribution >= 0.6 is 0 Å². The van der Waals surface area contributed by atoms with Crippen LogP contribution in [0.5, 0.6) is 0 Å². The number of hydrogen-bond acceptors (Lipinski definition) is 5. The van der Waals surface area contributed by atoms with E-state index in [1.807, 2.05) is 32.0 Å². The van der Waals surface area contributed by atoms with Crippen molar-refractivity contribution >= 4 is 12.1 Å². The second-order valence-electron chi connectivity index (χ2n) is 4.79. The van der Waals surface area contributed by atoms with E-state index >= 15 is 0 Å². The fraction of sp³-hybridized carbons (Fsp3) is 0.385. The van der Waals surface area contributed by atoms with E-state index in [0.717, 1.165) is 16.7 Å². The Morgan fingerprint density at radius 2 is 2.00 bits per heavy atom. The van der Waals surface area contributed by atoms with Crippen molar-refractivity contribution in [3.63, 3.8) is 0 Å². The van der Waals surface area contributed by atoms with Crippen LogP contribution in [0.2, 0.25) is 0 Å². The molecule has 0 bridgehead atoms. The Hall–Kier alpha value is -2.08. The first-order valence-corrected chi connectivity index (χ1v) is 6.00. The molecule has 2 rings (SSSR count). The fourth-order valence-corrected chi connectivity index (χ4v) is 2.05. The smallest absolute Gasteiger partial charge is 0.273 e. The molecule has 6 heteroatoms. The van der Waals surface area contributed by atoms with Gasteiger partial charge in [-0.05, 0) is 35.8 Å². The number of benzene rings is 1. The van der Waals surface area contributed by atoms with E-state index in [2.05, 4.69) is 15.4 Å². The van der Waals surface area contributed by atoms with Crippen LogP contribution in [0.3, 0.4) is 0 Å². The van der Waals surface area contributed by atoms with Crippen molar-refractivity contribution in [3.05, 3.63) is 34.9 Å². The van der Waals surface area contributed by atoms with Crippen LogP contribution in [0.4, 0.5) is 0 Å². The zero-order valence-electron chi connectivity index (χ0n) is 11.3. The fourth-order valence-electron chi connectivity index (χ4n) is 2.05. The molecular formula is C13H17N5O. The molecule has 19 heavy (non-hydrogen) atoms. The molecule has 0 saturated heterocycles. The number of nitrogens with two attached hydrogens (primary N) is 1. The molecule has 1 atom stereocenters. The second kappa shape index (κ2) is 4.89. The lowest BCUT2D eigenvalue weighted by Gasteiger charge is -2.24. The van der Waals surface area contributed by atoms with Crippen molar-refractivity contribution in [2.75, 3.05) is 7.05 Å². The summed E-state index contributed by atoms with van der Waals surface area (Å²) in [6.45, 7) is 4.53. The minimum Gasteiger partial charge on any atom is -0.338 e. The summed E-state index contributed by atoms with van der Waals surface area (Å²) in [5.74, 6) is -0.319. The molecule has 6 nitrogen and oxygen atoms in total. The molecule has 1 aliphatic rings. The van der Waals surface area contributed by atoms with E-state index in [1.165, 1.54) is 6.21 Å². The zero-order chi connectivity index (χ0) is 14.0.